The first-order valence-electron chi connectivity index (χ1n) is 7.25. The first kappa shape index (κ1) is 16.4. The number of nitrogens with zero attached hydrogens (tertiary/aromatic N) is 4. The molecule has 1 saturated heterocycles. The second-order valence-electron chi connectivity index (χ2n) is 5.73. The number of likely N-dealkylation sites (N-methyl/N-ethyl adjacent to an activating group) is 2. The molecule has 8 heteroatoms. The Kier molecular flexibility index (Phi) is 5.03. The average molecular weight is 315 g/mol. The minimum absolute atomic E-state index is 0.211. The van der Waals surface area contributed by atoms with E-state index in [4.69, 9.17) is 0 Å². The van der Waals surface area contributed by atoms with Gasteiger partial charge in [-0.15, -0.1) is 0 Å². The van der Waals surface area contributed by atoms with Crippen molar-refractivity contribution in [3.8, 4) is 0 Å². The zero-order valence-corrected chi connectivity index (χ0v) is 14.0. The minimum atomic E-state index is -3.45. The number of piperazine rings is 1. The van der Waals surface area contributed by atoms with Crippen LogP contribution in [0.2, 0.25) is 0 Å². The molecule has 0 spiro atoms. The highest BCUT2D eigenvalue weighted by Gasteiger charge is 2.34. The quantitative estimate of drug-likeness (QED) is 0.816. The largest absolute Gasteiger partial charge is 0.318 e. The lowest BCUT2D eigenvalue weighted by molar-refractivity contribution is 0.105. The van der Waals surface area contributed by atoms with Gasteiger partial charge in [-0.1, -0.05) is 0 Å². The van der Waals surface area contributed by atoms with Crippen LogP contribution in [0.3, 0.4) is 0 Å². The van der Waals surface area contributed by atoms with Gasteiger partial charge in [0.1, 0.15) is 4.90 Å². The van der Waals surface area contributed by atoms with Gasteiger partial charge in [-0.2, -0.15) is 9.40 Å². The summed E-state index contributed by atoms with van der Waals surface area (Å²) in [7, 11) is 0.440. The van der Waals surface area contributed by atoms with E-state index in [0.717, 1.165) is 6.54 Å². The summed E-state index contributed by atoms with van der Waals surface area (Å²) < 4.78 is 28.7. The lowest BCUT2D eigenvalue weighted by Gasteiger charge is -2.41. The van der Waals surface area contributed by atoms with Crippen LogP contribution in [0, 0.1) is 0 Å². The third kappa shape index (κ3) is 3.45. The van der Waals surface area contributed by atoms with Gasteiger partial charge < -0.3 is 5.32 Å². The Morgan fingerprint density at radius 3 is 2.52 bits per heavy atom. The van der Waals surface area contributed by atoms with Crippen LogP contribution in [-0.2, 0) is 16.6 Å². The van der Waals surface area contributed by atoms with Crippen molar-refractivity contribution in [2.75, 3.05) is 33.7 Å². The lowest BCUT2D eigenvalue weighted by Crippen LogP contribution is -2.56. The number of hydrogen-bond donors (Lipinski definition) is 1. The molecule has 21 heavy (non-hydrogen) atoms. The van der Waals surface area contributed by atoms with Crippen LogP contribution < -0.4 is 5.32 Å². The summed E-state index contributed by atoms with van der Waals surface area (Å²) in [5.74, 6) is 0. The van der Waals surface area contributed by atoms with Gasteiger partial charge in [0.25, 0.3) is 0 Å². The van der Waals surface area contributed by atoms with Crippen LogP contribution >= 0.6 is 0 Å². The molecule has 1 aliphatic rings. The van der Waals surface area contributed by atoms with Crippen molar-refractivity contribution >= 4 is 10.0 Å². The Balaban J connectivity index is 2.16. The predicted molar refractivity (Wildman–Crippen MR) is 81.6 cm³/mol. The standard InChI is InChI=1S/C13H25N5O2S/c1-11-8-18(9-12(2)16(11)4)21(19,20)13-7-15-17(10-13)6-5-14-3/h7,10-12,14H,5-6,8-9H2,1-4H3. The molecular formula is C13H25N5O2S. The number of hydrogen-bond acceptors (Lipinski definition) is 5. The Labute approximate surface area is 127 Å². The smallest absolute Gasteiger partial charge is 0.246 e. The number of nitrogens with one attached hydrogen (secondary N) is 1. The third-order valence-electron chi connectivity index (χ3n) is 4.16. The van der Waals surface area contributed by atoms with Crippen LogP contribution in [0.4, 0.5) is 0 Å². The van der Waals surface area contributed by atoms with E-state index in [9.17, 15) is 8.42 Å². The Bertz CT molecular complexity index is 559. The fourth-order valence-electron chi connectivity index (χ4n) is 2.53. The van der Waals surface area contributed by atoms with Crippen LogP contribution in [0.15, 0.2) is 17.3 Å². The van der Waals surface area contributed by atoms with Crippen LogP contribution in [0.1, 0.15) is 13.8 Å². The minimum Gasteiger partial charge on any atom is -0.318 e. The van der Waals surface area contributed by atoms with Crippen molar-refractivity contribution in [3.63, 3.8) is 0 Å². The van der Waals surface area contributed by atoms with Gasteiger partial charge in [0.15, 0.2) is 0 Å². The van der Waals surface area contributed by atoms with E-state index in [0.29, 0.717) is 19.6 Å². The Morgan fingerprint density at radius 2 is 1.95 bits per heavy atom. The second-order valence-corrected chi connectivity index (χ2v) is 7.67. The van der Waals surface area contributed by atoms with Gasteiger partial charge >= 0.3 is 0 Å². The zero-order chi connectivity index (χ0) is 15.6. The first-order chi connectivity index (χ1) is 9.86. The zero-order valence-electron chi connectivity index (χ0n) is 13.2. The van der Waals surface area contributed by atoms with Crippen molar-refractivity contribution < 1.29 is 8.42 Å². The first-order valence-corrected chi connectivity index (χ1v) is 8.69. The van der Waals surface area contributed by atoms with E-state index in [1.165, 1.54) is 6.20 Å². The predicted octanol–water partition coefficient (Wildman–Crippen LogP) is -0.184. The molecule has 1 fully saturated rings. The van der Waals surface area contributed by atoms with Gasteiger partial charge in [0.2, 0.25) is 10.0 Å². The van der Waals surface area contributed by atoms with E-state index in [-0.39, 0.29) is 17.0 Å². The molecule has 2 heterocycles. The molecule has 1 aliphatic heterocycles. The van der Waals surface area contributed by atoms with Crippen LogP contribution in [0.5, 0.6) is 0 Å². The maximum absolute atomic E-state index is 12.7. The fourth-order valence-corrected chi connectivity index (χ4v) is 4.09. The lowest BCUT2D eigenvalue weighted by atomic mass is 10.1. The molecule has 1 N–H and O–H groups in total. The highest BCUT2D eigenvalue weighted by Crippen LogP contribution is 2.21. The maximum atomic E-state index is 12.7. The third-order valence-corrected chi connectivity index (χ3v) is 5.95. The summed E-state index contributed by atoms with van der Waals surface area (Å²) in [6.45, 7) is 6.55. The molecule has 120 valence electrons. The van der Waals surface area contributed by atoms with Gasteiger partial charge in [-0.25, -0.2) is 8.42 Å². The average Bonchev–Trinajstić information content (AvgIpc) is 2.91. The number of sulfonamides is 1. The van der Waals surface area contributed by atoms with E-state index in [2.05, 4.69) is 29.2 Å². The van der Waals surface area contributed by atoms with E-state index < -0.39 is 10.0 Å². The van der Waals surface area contributed by atoms with Crippen molar-refractivity contribution in [1.29, 1.82) is 0 Å². The number of rotatable bonds is 5. The summed E-state index contributed by atoms with van der Waals surface area (Å²) in [6, 6.07) is 0.422. The molecule has 7 nitrogen and oxygen atoms in total. The summed E-state index contributed by atoms with van der Waals surface area (Å²) in [4.78, 5) is 2.49. The molecule has 0 saturated carbocycles. The molecule has 0 aliphatic carbocycles. The van der Waals surface area contributed by atoms with Crippen LogP contribution in [0.25, 0.3) is 0 Å². The maximum Gasteiger partial charge on any atom is 0.246 e. The molecule has 1 aromatic heterocycles. The summed E-state index contributed by atoms with van der Waals surface area (Å²) in [5.41, 5.74) is 0. The topological polar surface area (TPSA) is 70.5 Å². The van der Waals surface area contributed by atoms with Crippen molar-refractivity contribution in [2.45, 2.75) is 37.4 Å². The molecule has 2 unspecified atom stereocenters. The molecular weight excluding hydrogens is 290 g/mol. The molecule has 0 amide bonds. The summed E-state index contributed by atoms with van der Waals surface area (Å²) >= 11 is 0. The molecule has 0 radical (unpaired) electrons. The van der Waals surface area contributed by atoms with E-state index in [1.54, 1.807) is 15.2 Å². The molecule has 2 atom stereocenters. The fraction of sp³-hybridized carbons (Fsp3) is 0.769. The number of aromatic nitrogens is 2. The van der Waals surface area contributed by atoms with Gasteiger partial charge in [0.05, 0.1) is 12.7 Å². The molecule has 0 aromatic carbocycles. The molecule has 2 rings (SSSR count). The van der Waals surface area contributed by atoms with E-state index >= 15 is 0 Å². The van der Waals surface area contributed by atoms with Crippen molar-refractivity contribution in [1.82, 2.24) is 24.3 Å². The second kappa shape index (κ2) is 6.43. The van der Waals surface area contributed by atoms with Crippen LogP contribution in [-0.4, -0.2) is 73.2 Å². The van der Waals surface area contributed by atoms with Gasteiger partial charge in [-0.05, 0) is 27.9 Å². The Hall–Kier alpha value is -0.960. The van der Waals surface area contributed by atoms with Crippen molar-refractivity contribution in [3.05, 3.63) is 12.4 Å². The normalized spacial score (nSPS) is 25.3. The monoisotopic (exact) mass is 315 g/mol. The Morgan fingerprint density at radius 1 is 1.33 bits per heavy atom. The van der Waals surface area contributed by atoms with Gasteiger partial charge in [0, 0.05) is 37.9 Å². The highest BCUT2D eigenvalue weighted by molar-refractivity contribution is 7.89. The SMILES string of the molecule is CNCCn1cc(S(=O)(=O)N2CC(C)N(C)C(C)C2)cn1. The summed E-state index contributed by atoms with van der Waals surface area (Å²) in [6.07, 6.45) is 3.05. The molecule has 0 bridgehead atoms. The van der Waals surface area contributed by atoms with Crippen molar-refractivity contribution in [2.24, 2.45) is 0 Å². The summed E-state index contributed by atoms with van der Waals surface area (Å²) in [5, 5.41) is 7.15. The highest BCUT2D eigenvalue weighted by atomic mass is 32.2. The van der Waals surface area contributed by atoms with Gasteiger partial charge in [-0.3, -0.25) is 9.58 Å². The molecule has 1 aromatic rings. The van der Waals surface area contributed by atoms with E-state index in [1.807, 2.05) is 14.1 Å².